The van der Waals surface area contributed by atoms with E-state index in [9.17, 15) is 18.0 Å². The van der Waals surface area contributed by atoms with E-state index in [4.69, 9.17) is 24.1 Å². The van der Waals surface area contributed by atoms with Gasteiger partial charge in [0.2, 0.25) is 5.91 Å². The summed E-state index contributed by atoms with van der Waals surface area (Å²) in [5, 5.41) is 7.12. The molecule has 0 radical (unpaired) electrons. The second kappa shape index (κ2) is 11.7. The average molecular weight is 428 g/mol. The molecule has 0 aliphatic carbocycles. The van der Waals surface area contributed by atoms with Crippen molar-refractivity contribution in [1.82, 2.24) is 9.80 Å². The Kier molecular flexibility index (Phi) is 10.3. The zero-order valence-electron chi connectivity index (χ0n) is 17.2. The number of ether oxygens (including phenoxy) is 3. The molecule has 2 aliphatic rings. The fourth-order valence-electron chi connectivity index (χ4n) is 3.89. The zero-order chi connectivity index (χ0) is 22.1. The number of methoxy groups -OCH3 is 3. The van der Waals surface area contributed by atoms with Gasteiger partial charge in [0.1, 0.15) is 6.61 Å². The first-order chi connectivity index (χ1) is 13.6. The molecule has 1 atom stereocenters. The van der Waals surface area contributed by atoms with Gasteiger partial charge in [0.05, 0.1) is 13.2 Å². The van der Waals surface area contributed by atoms with E-state index in [1.165, 1.54) is 0 Å². The third-order valence-corrected chi connectivity index (χ3v) is 5.35. The van der Waals surface area contributed by atoms with Gasteiger partial charge in [-0.2, -0.15) is 13.2 Å². The molecule has 1 N–H and O–H groups in total. The Morgan fingerprint density at radius 2 is 1.69 bits per heavy atom. The van der Waals surface area contributed by atoms with Crippen molar-refractivity contribution in [2.75, 3.05) is 67.3 Å². The van der Waals surface area contributed by atoms with Crippen LogP contribution in [0.25, 0.3) is 0 Å². The lowest BCUT2D eigenvalue weighted by Gasteiger charge is -2.39. The molecular weight excluding hydrogens is 397 g/mol. The van der Waals surface area contributed by atoms with Crippen LogP contribution in [0.5, 0.6) is 0 Å². The summed E-state index contributed by atoms with van der Waals surface area (Å²) >= 11 is 0. The summed E-state index contributed by atoms with van der Waals surface area (Å²) in [5.74, 6) is -2.65. The summed E-state index contributed by atoms with van der Waals surface area (Å²) in [6, 6.07) is 0.473. The summed E-state index contributed by atoms with van der Waals surface area (Å²) in [6.07, 6.45) is -1.77. The molecule has 0 saturated carbocycles. The Hall–Kier alpha value is -1.43. The molecule has 2 saturated heterocycles. The van der Waals surface area contributed by atoms with E-state index in [1.54, 1.807) is 21.3 Å². The van der Waals surface area contributed by atoms with Crippen LogP contribution >= 0.6 is 0 Å². The number of amides is 1. The second-order valence-electron chi connectivity index (χ2n) is 7.39. The molecule has 0 aromatic carbocycles. The molecule has 1 spiro atoms. The van der Waals surface area contributed by atoms with Crippen molar-refractivity contribution in [2.45, 2.75) is 31.5 Å². The van der Waals surface area contributed by atoms with Gasteiger partial charge in [-0.3, -0.25) is 9.69 Å². The van der Waals surface area contributed by atoms with Crippen molar-refractivity contribution in [3.8, 4) is 0 Å². The zero-order valence-corrected chi connectivity index (χ0v) is 17.2. The Morgan fingerprint density at radius 1 is 1.10 bits per heavy atom. The largest absolute Gasteiger partial charge is 0.490 e. The summed E-state index contributed by atoms with van der Waals surface area (Å²) < 4.78 is 47.3. The van der Waals surface area contributed by atoms with Crippen LogP contribution in [0.4, 0.5) is 13.2 Å². The number of aliphatic carboxylic acids is 1. The summed E-state index contributed by atoms with van der Waals surface area (Å²) in [5.41, 5.74) is 0.334. The van der Waals surface area contributed by atoms with E-state index in [0.717, 1.165) is 58.7 Å². The highest BCUT2D eigenvalue weighted by atomic mass is 19.4. The fraction of sp³-hybridized carbons (Fsp3) is 0.889. The molecule has 1 amide bonds. The Morgan fingerprint density at radius 3 is 2.14 bits per heavy atom. The van der Waals surface area contributed by atoms with Gasteiger partial charge < -0.3 is 24.2 Å². The maximum Gasteiger partial charge on any atom is 0.490 e. The van der Waals surface area contributed by atoms with Gasteiger partial charge in [-0.05, 0) is 24.7 Å². The summed E-state index contributed by atoms with van der Waals surface area (Å²) in [6.45, 7) is 5.47. The first-order valence-corrected chi connectivity index (χ1v) is 9.37. The number of likely N-dealkylation sites (tertiary alicyclic amines) is 2. The molecule has 2 fully saturated rings. The molecule has 0 aromatic rings. The van der Waals surface area contributed by atoms with Gasteiger partial charge in [0.25, 0.3) is 0 Å². The maximum atomic E-state index is 11.9. The van der Waals surface area contributed by atoms with Crippen LogP contribution < -0.4 is 0 Å². The predicted molar refractivity (Wildman–Crippen MR) is 97.5 cm³/mol. The molecule has 11 heteroatoms. The standard InChI is InChI=1S/C16H30N2O4.C2HF3O2/c1-20-9-8-18-13-16(10-14(18)11-21-2)4-6-17(7-5-16)15(19)12-22-3;3-2(4,5)1(6)7/h14H,4-13H2,1-3H3;(H,6,7). The molecule has 0 aromatic heterocycles. The average Bonchev–Trinajstić information content (AvgIpc) is 2.97. The molecule has 1 unspecified atom stereocenters. The van der Waals surface area contributed by atoms with E-state index in [2.05, 4.69) is 4.90 Å². The van der Waals surface area contributed by atoms with Gasteiger partial charge in [0, 0.05) is 53.6 Å². The number of alkyl halides is 3. The SMILES string of the molecule is COCCN1CC2(CCN(C(=O)COC)CC2)CC1COC.O=C(O)C(F)(F)F. The van der Waals surface area contributed by atoms with Crippen molar-refractivity contribution in [1.29, 1.82) is 0 Å². The highest BCUT2D eigenvalue weighted by Crippen LogP contribution is 2.43. The number of carboxylic acids is 1. The fourth-order valence-corrected chi connectivity index (χ4v) is 3.89. The Bertz CT molecular complexity index is 524. The van der Waals surface area contributed by atoms with E-state index < -0.39 is 12.1 Å². The molecule has 29 heavy (non-hydrogen) atoms. The summed E-state index contributed by atoms with van der Waals surface area (Å²) in [4.78, 5) is 25.3. The Balaban J connectivity index is 0.000000516. The van der Waals surface area contributed by atoms with Crippen LogP contribution in [0.1, 0.15) is 19.3 Å². The van der Waals surface area contributed by atoms with Crippen molar-refractivity contribution < 1.29 is 42.1 Å². The van der Waals surface area contributed by atoms with Gasteiger partial charge >= 0.3 is 12.1 Å². The monoisotopic (exact) mass is 428 g/mol. The Labute approximate surface area is 168 Å². The third kappa shape index (κ3) is 8.07. The van der Waals surface area contributed by atoms with E-state index >= 15 is 0 Å². The normalized spacial score (nSPS) is 21.7. The van der Waals surface area contributed by atoms with Gasteiger partial charge in [-0.15, -0.1) is 0 Å². The topological polar surface area (TPSA) is 88.5 Å². The van der Waals surface area contributed by atoms with Crippen LogP contribution in [0.3, 0.4) is 0 Å². The number of rotatable bonds is 7. The third-order valence-electron chi connectivity index (χ3n) is 5.35. The van der Waals surface area contributed by atoms with E-state index in [0.29, 0.717) is 11.5 Å². The van der Waals surface area contributed by atoms with Gasteiger partial charge in [-0.25, -0.2) is 4.79 Å². The van der Waals surface area contributed by atoms with Crippen molar-refractivity contribution in [3.63, 3.8) is 0 Å². The van der Waals surface area contributed by atoms with Crippen LogP contribution in [0.2, 0.25) is 0 Å². The van der Waals surface area contributed by atoms with Crippen LogP contribution in [0.15, 0.2) is 0 Å². The smallest absolute Gasteiger partial charge is 0.475 e. The molecule has 0 bridgehead atoms. The quantitative estimate of drug-likeness (QED) is 0.653. The highest BCUT2D eigenvalue weighted by molar-refractivity contribution is 5.77. The molecule has 170 valence electrons. The number of piperidine rings is 1. The predicted octanol–water partition coefficient (Wildman–Crippen LogP) is 1.24. The summed E-state index contributed by atoms with van der Waals surface area (Å²) in [7, 11) is 5.09. The maximum absolute atomic E-state index is 11.9. The van der Waals surface area contributed by atoms with Crippen LogP contribution in [0, 0.1) is 5.41 Å². The van der Waals surface area contributed by atoms with Crippen LogP contribution in [-0.4, -0.2) is 106 Å². The van der Waals surface area contributed by atoms with Crippen molar-refractivity contribution >= 4 is 11.9 Å². The minimum atomic E-state index is -5.08. The minimum Gasteiger partial charge on any atom is -0.475 e. The molecule has 2 aliphatic heterocycles. The highest BCUT2D eigenvalue weighted by Gasteiger charge is 2.45. The lowest BCUT2D eigenvalue weighted by molar-refractivity contribution is -0.192. The lowest BCUT2D eigenvalue weighted by atomic mass is 9.76. The number of hydrogen-bond acceptors (Lipinski definition) is 6. The molecule has 2 rings (SSSR count). The van der Waals surface area contributed by atoms with E-state index in [1.807, 2.05) is 4.90 Å². The van der Waals surface area contributed by atoms with Crippen molar-refractivity contribution in [2.24, 2.45) is 5.41 Å². The van der Waals surface area contributed by atoms with Gasteiger partial charge in [0.15, 0.2) is 0 Å². The minimum absolute atomic E-state index is 0.111. The molecular formula is C18H31F3N2O6. The van der Waals surface area contributed by atoms with E-state index in [-0.39, 0.29) is 12.5 Å². The van der Waals surface area contributed by atoms with Gasteiger partial charge in [-0.1, -0.05) is 0 Å². The number of hydrogen-bond donors (Lipinski definition) is 1. The molecule has 2 heterocycles. The first kappa shape index (κ1) is 25.6. The molecule has 8 nitrogen and oxygen atoms in total. The van der Waals surface area contributed by atoms with Crippen LogP contribution in [-0.2, 0) is 23.8 Å². The lowest BCUT2D eigenvalue weighted by Crippen LogP contribution is -2.45. The number of nitrogens with zero attached hydrogens (tertiary/aromatic N) is 2. The number of halogens is 3. The first-order valence-electron chi connectivity index (χ1n) is 9.37. The number of carbonyl (C=O) groups excluding carboxylic acids is 1. The van der Waals surface area contributed by atoms with Crippen molar-refractivity contribution in [3.05, 3.63) is 0 Å². The number of carboxylic acid groups (broad SMARTS) is 1. The second-order valence-corrected chi connectivity index (χ2v) is 7.39. The number of carbonyl (C=O) groups is 2.